The van der Waals surface area contributed by atoms with Gasteiger partial charge in [-0.2, -0.15) is 0 Å². The van der Waals surface area contributed by atoms with E-state index in [4.69, 9.17) is 28.6 Å². The third-order valence-corrected chi connectivity index (χ3v) is 4.96. The Morgan fingerprint density at radius 3 is 2.52 bits per heavy atom. The van der Waals surface area contributed by atoms with Crippen molar-refractivity contribution in [1.82, 2.24) is 0 Å². The summed E-state index contributed by atoms with van der Waals surface area (Å²) in [5.41, 5.74) is 1.51. The van der Waals surface area contributed by atoms with Gasteiger partial charge in [0, 0.05) is 5.02 Å². The first-order valence-corrected chi connectivity index (χ1v) is 8.37. The maximum absolute atomic E-state index is 12.7. The molecule has 0 spiro atoms. The minimum absolute atomic E-state index is 0.148. The third kappa shape index (κ3) is 3.27. The molecular weight excluding hydrogens is 350 g/mol. The normalized spacial score (nSPS) is 16.3. The molecule has 0 atom stereocenters. The van der Waals surface area contributed by atoms with Crippen molar-refractivity contribution in [2.45, 2.75) is 0 Å². The monoisotopic (exact) mass is 361 g/mol. The molecular formula is C17H12ClNO2S2. The Balaban J connectivity index is 1.92. The lowest BCUT2D eigenvalue weighted by Crippen LogP contribution is -2.27. The van der Waals surface area contributed by atoms with Crippen molar-refractivity contribution in [3.8, 4) is 5.75 Å². The predicted molar refractivity (Wildman–Crippen MR) is 100 cm³/mol. The van der Waals surface area contributed by atoms with Gasteiger partial charge in [-0.05, 0) is 42.0 Å². The lowest BCUT2D eigenvalue weighted by molar-refractivity contribution is -0.113. The molecule has 3 rings (SSSR count). The molecule has 0 bridgehead atoms. The van der Waals surface area contributed by atoms with Gasteiger partial charge in [-0.3, -0.25) is 9.69 Å². The number of anilines is 1. The van der Waals surface area contributed by atoms with Gasteiger partial charge in [0.25, 0.3) is 5.91 Å². The van der Waals surface area contributed by atoms with Gasteiger partial charge in [0.2, 0.25) is 0 Å². The molecule has 2 aromatic carbocycles. The number of methoxy groups -OCH3 is 1. The largest absolute Gasteiger partial charge is 0.497 e. The van der Waals surface area contributed by atoms with Crippen LogP contribution in [0.3, 0.4) is 0 Å². The molecule has 1 heterocycles. The van der Waals surface area contributed by atoms with Gasteiger partial charge in [0.15, 0.2) is 4.32 Å². The summed E-state index contributed by atoms with van der Waals surface area (Å²) in [4.78, 5) is 14.7. The molecule has 0 saturated carbocycles. The molecule has 1 aliphatic rings. The van der Waals surface area contributed by atoms with Gasteiger partial charge < -0.3 is 4.74 Å². The number of thioether (sulfide) groups is 1. The molecule has 2 aromatic rings. The fourth-order valence-electron chi connectivity index (χ4n) is 2.16. The number of carbonyl (C=O) groups is 1. The van der Waals surface area contributed by atoms with E-state index in [1.54, 1.807) is 31.4 Å². The Morgan fingerprint density at radius 2 is 1.87 bits per heavy atom. The van der Waals surface area contributed by atoms with Crippen molar-refractivity contribution in [3.63, 3.8) is 0 Å². The van der Waals surface area contributed by atoms with E-state index in [1.165, 1.54) is 16.7 Å². The van der Waals surface area contributed by atoms with Gasteiger partial charge in [-0.1, -0.05) is 53.8 Å². The number of ether oxygens (including phenoxy) is 1. The fourth-order valence-corrected chi connectivity index (χ4v) is 3.64. The number of carbonyl (C=O) groups excluding carboxylic acids is 1. The quantitative estimate of drug-likeness (QED) is 0.582. The molecule has 0 radical (unpaired) electrons. The molecule has 0 aliphatic carbocycles. The average molecular weight is 362 g/mol. The van der Waals surface area contributed by atoms with E-state index in [1.807, 2.05) is 30.3 Å². The maximum atomic E-state index is 12.7. The van der Waals surface area contributed by atoms with Gasteiger partial charge in [0.1, 0.15) is 5.75 Å². The number of halogens is 1. The summed E-state index contributed by atoms with van der Waals surface area (Å²) >= 11 is 12.8. The summed E-state index contributed by atoms with van der Waals surface area (Å²) in [6.45, 7) is 0. The summed E-state index contributed by atoms with van der Waals surface area (Å²) in [6, 6.07) is 14.6. The second-order valence-corrected chi connectivity index (χ2v) is 6.82. The smallest absolute Gasteiger partial charge is 0.270 e. The van der Waals surface area contributed by atoms with Gasteiger partial charge in [-0.15, -0.1) is 0 Å². The number of hydrogen-bond donors (Lipinski definition) is 0. The van der Waals surface area contributed by atoms with Gasteiger partial charge in [0.05, 0.1) is 17.7 Å². The highest BCUT2D eigenvalue weighted by Gasteiger charge is 2.33. The van der Waals surface area contributed by atoms with Crippen LogP contribution >= 0.6 is 35.6 Å². The molecule has 6 heteroatoms. The highest BCUT2D eigenvalue weighted by atomic mass is 35.5. The number of nitrogens with zero attached hydrogens (tertiary/aromatic N) is 1. The van der Waals surface area contributed by atoms with Crippen LogP contribution < -0.4 is 9.64 Å². The minimum Gasteiger partial charge on any atom is -0.497 e. The first-order valence-electron chi connectivity index (χ1n) is 6.76. The number of benzene rings is 2. The molecule has 1 amide bonds. The van der Waals surface area contributed by atoms with Crippen LogP contribution in [0.15, 0.2) is 53.4 Å². The van der Waals surface area contributed by atoms with E-state index in [0.717, 1.165) is 17.0 Å². The fraction of sp³-hybridized carbons (Fsp3) is 0.0588. The first kappa shape index (κ1) is 16.1. The Hall–Kier alpha value is -1.82. The lowest BCUT2D eigenvalue weighted by Gasteiger charge is -2.14. The second-order valence-electron chi connectivity index (χ2n) is 4.74. The average Bonchev–Trinajstić information content (AvgIpc) is 2.84. The molecule has 0 aromatic heterocycles. The topological polar surface area (TPSA) is 29.5 Å². The van der Waals surface area contributed by atoms with Gasteiger partial charge >= 0.3 is 0 Å². The van der Waals surface area contributed by atoms with Crippen LogP contribution in [0, 0.1) is 0 Å². The summed E-state index contributed by atoms with van der Waals surface area (Å²) < 4.78 is 5.63. The standard InChI is InChI=1S/C17H12ClNO2S2/c1-21-13-8-6-12(7-9-13)19-16(20)15(23-17(19)22)10-11-4-2-3-5-14(11)18/h2-10H,1H3/b15-10-. The zero-order valence-electron chi connectivity index (χ0n) is 12.2. The molecule has 116 valence electrons. The maximum Gasteiger partial charge on any atom is 0.270 e. The van der Waals surface area contributed by atoms with Crippen molar-refractivity contribution < 1.29 is 9.53 Å². The van der Waals surface area contributed by atoms with Crippen LogP contribution in [-0.2, 0) is 4.79 Å². The second kappa shape index (κ2) is 6.74. The highest BCUT2D eigenvalue weighted by molar-refractivity contribution is 8.27. The Bertz CT molecular complexity index is 802. The Morgan fingerprint density at radius 1 is 1.17 bits per heavy atom. The van der Waals surface area contributed by atoms with Crippen molar-refractivity contribution in [1.29, 1.82) is 0 Å². The van der Waals surface area contributed by atoms with Crippen molar-refractivity contribution in [3.05, 3.63) is 64.0 Å². The van der Waals surface area contributed by atoms with E-state index in [2.05, 4.69) is 0 Å². The Labute approximate surface area is 148 Å². The number of hydrogen-bond acceptors (Lipinski definition) is 4. The molecule has 0 N–H and O–H groups in total. The Kier molecular flexibility index (Phi) is 4.71. The highest BCUT2D eigenvalue weighted by Crippen LogP contribution is 2.37. The van der Waals surface area contributed by atoms with Crippen molar-refractivity contribution in [2.75, 3.05) is 12.0 Å². The summed E-state index contributed by atoms with van der Waals surface area (Å²) in [6.07, 6.45) is 1.77. The van der Waals surface area contributed by atoms with Crippen LogP contribution in [0.2, 0.25) is 5.02 Å². The van der Waals surface area contributed by atoms with E-state index in [0.29, 0.717) is 14.2 Å². The number of amides is 1. The molecule has 0 unspecified atom stereocenters. The van der Waals surface area contributed by atoms with Crippen molar-refractivity contribution in [2.24, 2.45) is 0 Å². The predicted octanol–water partition coefficient (Wildman–Crippen LogP) is 4.75. The number of thiocarbonyl (C=S) groups is 1. The molecule has 23 heavy (non-hydrogen) atoms. The molecule has 1 saturated heterocycles. The van der Waals surface area contributed by atoms with Crippen LogP contribution in [0.25, 0.3) is 6.08 Å². The minimum atomic E-state index is -0.148. The van der Waals surface area contributed by atoms with Crippen molar-refractivity contribution >= 4 is 57.6 Å². The summed E-state index contributed by atoms with van der Waals surface area (Å²) in [5.74, 6) is 0.580. The van der Waals surface area contributed by atoms with E-state index >= 15 is 0 Å². The summed E-state index contributed by atoms with van der Waals surface area (Å²) in [7, 11) is 1.60. The van der Waals surface area contributed by atoms with Gasteiger partial charge in [-0.25, -0.2) is 0 Å². The number of rotatable bonds is 3. The summed E-state index contributed by atoms with van der Waals surface area (Å²) in [5, 5.41) is 0.599. The zero-order valence-corrected chi connectivity index (χ0v) is 14.5. The van der Waals surface area contributed by atoms with E-state index < -0.39 is 0 Å². The van der Waals surface area contributed by atoms with Crippen LogP contribution in [0.5, 0.6) is 5.75 Å². The van der Waals surface area contributed by atoms with E-state index in [-0.39, 0.29) is 5.91 Å². The third-order valence-electron chi connectivity index (χ3n) is 3.32. The molecule has 1 fully saturated rings. The molecule has 3 nitrogen and oxygen atoms in total. The first-order chi connectivity index (χ1) is 11.1. The van der Waals surface area contributed by atoms with E-state index in [9.17, 15) is 4.79 Å². The zero-order chi connectivity index (χ0) is 16.4. The van der Waals surface area contributed by atoms with Crippen LogP contribution in [-0.4, -0.2) is 17.3 Å². The lowest BCUT2D eigenvalue weighted by atomic mass is 10.2. The SMILES string of the molecule is COc1ccc(N2C(=O)/C(=C/c3ccccc3Cl)SC2=S)cc1. The molecule has 1 aliphatic heterocycles. The van der Waals surface area contributed by atoms with Crippen LogP contribution in [0.1, 0.15) is 5.56 Å². The van der Waals surface area contributed by atoms with Crippen LogP contribution in [0.4, 0.5) is 5.69 Å².